The van der Waals surface area contributed by atoms with E-state index in [1.807, 2.05) is 13.0 Å². The molecule has 0 fully saturated rings. The van der Waals surface area contributed by atoms with Gasteiger partial charge in [0.1, 0.15) is 12.4 Å². The summed E-state index contributed by atoms with van der Waals surface area (Å²) >= 11 is 0. The Morgan fingerprint density at radius 2 is 2.21 bits per heavy atom. The molecule has 0 radical (unpaired) electrons. The number of benzene rings is 1. The number of carbonyl (C=O) groups excluding carboxylic acids is 1. The van der Waals surface area contributed by atoms with Gasteiger partial charge in [-0.2, -0.15) is 0 Å². The van der Waals surface area contributed by atoms with E-state index in [0.29, 0.717) is 11.3 Å². The molecule has 1 aromatic carbocycles. The number of rotatable bonds is 0. The first-order valence-electron chi connectivity index (χ1n) is 4.51. The third kappa shape index (κ3) is 1.30. The minimum atomic E-state index is -1.39. The predicted octanol–water partition coefficient (Wildman–Crippen LogP) is 1.32. The Morgan fingerprint density at radius 3 is 2.93 bits per heavy atom. The van der Waals surface area contributed by atoms with Gasteiger partial charge in [0.05, 0.1) is 5.56 Å². The zero-order valence-electron chi connectivity index (χ0n) is 8.20. The number of hydrogen-bond acceptors (Lipinski definition) is 3. The fourth-order valence-electron chi connectivity index (χ4n) is 1.52. The van der Waals surface area contributed by atoms with Crippen LogP contribution in [-0.4, -0.2) is 23.1 Å². The Morgan fingerprint density at radius 1 is 1.50 bits per heavy atom. The Hall–Kier alpha value is -1.35. The quantitative estimate of drug-likeness (QED) is 0.674. The van der Waals surface area contributed by atoms with Crippen LogP contribution in [0.1, 0.15) is 22.8 Å². The zero-order valence-corrected chi connectivity index (χ0v) is 8.20. The molecule has 1 aliphatic rings. The van der Waals surface area contributed by atoms with Crippen LogP contribution in [0.5, 0.6) is 5.75 Å². The van der Waals surface area contributed by atoms with Crippen molar-refractivity contribution in [3.63, 3.8) is 0 Å². The van der Waals surface area contributed by atoms with Gasteiger partial charge >= 0.3 is 0 Å². The van der Waals surface area contributed by atoms with Crippen LogP contribution in [0.15, 0.2) is 18.2 Å². The summed E-state index contributed by atoms with van der Waals surface area (Å²) in [4.78, 5) is 11.8. The highest BCUT2D eigenvalue weighted by Gasteiger charge is 2.37. The van der Waals surface area contributed by atoms with Gasteiger partial charge in [-0.3, -0.25) is 4.79 Å². The van der Waals surface area contributed by atoms with E-state index in [-0.39, 0.29) is 12.4 Å². The van der Waals surface area contributed by atoms with E-state index < -0.39 is 5.60 Å². The second-order valence-corrected chi connectivity index (χ2v) is 3.89. The highest BCUT2D eigenvalue weighted by atomic mass is 16.5. The standard InChI is InChI=1S/C11H12O3/c1-7-3-4-9-8(5-7)10(12)11(2,13)6-14-9/h3-5,13H,6H2,1-2H3. The van der Waals surface area contributed by atoms with Crippen LogP contribution in [0.2, 0.25) is 0 Å². The molecule has 1 aliphatic heterocycles. The van der Waals surface area contributed by atoms with Gasteiger partial charge in [0, 0.05) is 0 Å². The van der Waals surface area contributed by atoms with E-state index in [1.54, 1.807) is 12.1 Å². The second-order valence-electron chi connectivity index (χ2n) is 3.89. The maximum absolute atomic E-state index is 11.8. The van der Waals surface area contributed by atoms with Crippen LogP contribution in [0.4, 0.5) is 0 Å². The Labute approximate surface area is 82.3 Å². The molecule has 1 atom stereocenters. The maximum Gasteiger partial charge on any atom is 0.201 e. The molecule has 1 aromatic rings. The van der Waals surface area contributed by atoms with Gasteiger partial charge in [-0.1, -0.05) is 11.6 Å². The Balaban J connectivity index is 2.54. The number of fused-ring (bicyclic) bond motifs is 1. The molecule has 0 bridgehead atoms. The lowest BCUT2D eigenvalue weighted by atomic mass is 9.92. The van der Waals surface area contributed by atoms with E-state index in [1.165, 1.54) is 6.92 Å². The number of aliphatic hydroxyl groups is 1. The van der Waals surface area contributed by atoms with E-state index in [0.717, 1.165) is 5.56 Å². The van der Waals surface area contributed by atoms with Crippen molar-refractivity contribution in [3.05, 3.63) is 29.3 Å². The van der Waals surface area contributed by atoms with Crippen molar-refractivity contribution in [2.45, 2.75) is 19.4 Å². The lowest BCUT2D eigenvalue weighted by Gasteiger charge is -2.28. The van der Waals surface area contributed by atoms with Gasteiger partial charge < -0.3 is 9.84 Å². The Kier molecular flexibility index (Phi) is 1.86. The van der Waals surface area contributed by atoms with Crippen LogP contribution in [0.3, 0.4) is 0 Å². The molecule has 0 amide bonds. The van der Waals surface area contributed by atoms with E-state index in [9.17, 15) is 9.90 Å². The summed E-state index contributed by atoms with van der Waals surface area (Å²) in [5.74, 6) is 0.301. The third-order valence-corrected chi connectivity index (χ3v) is 2.38. The van der Waals surface area contributed by atoms with Crippen LogP contribution < -0.4 is 4.74 Å². The van der Waals surface area contributed by atoms with Crippen molar-refractivity contribution in [1.82, 2.24) is 0 Å². The first-order valence-corrected chi connectivity index (χ1v) is 4.51. The molecule has 1 heterocycles. The first kappa shape index (κ1) is 9.21. The van der Waals surface area contributed by atoms with Crippen molar-refractivity contribution < 1.29 is 14.6 Å². The molecule has 0 spiro atoms. The van der Waals surface area contributed by atoms with Gasteiger partial charge in [0.2, 0.25) is 5.78 Å². The smallest absolute Gasteiger partial charge is 0.201 e. The highest BCUT2D eigenvalue weighted by molar-refractivity contribution is 6.05. The van der Waals surface area contributed by atoms with Gasteiger partial charge in [0.25, 0.3) is 0 Å². The molecule has 1 unspecified atom stereocenters. The van der Waals surface area contributed by atoms with E-state index in [4.69, 9.17) is 4.74 Å². The van der Waals surface area contributed by atoms with Gasteiger partial charge in [0.15, 0.2) is 5.60 Å². The Bertz CT molecular complexity index is 394. The number of hydrogen-bond donors (Lipinski definition) is 1. The maximum atomic E-state index is 11.8. The molecular weight excluding hydrogens is 180 g/mol. The molecule has 3 heteroatoms. The fourth-order valence-corrected chi connectivity index (χ4v) is 1.52. The van der Waals surface area contributed by atoms with Gasteiger partial charge in [-0.05, 0) is 26.0 Å². The van der Waals surface area contributed by atoms with Crippen molar-refractivity contribution in [2.24, 2.45) is 0 Å². The molecule has 0 aromatic heterocycles. The molecule has 0 aliphatic carbocycles. The first-order chi connectivity index (χ1) is 6.50. The lowest BCUT2D eigenvalue weighted by molar-refractivity contribution is 0.00848. The average molecular weight is 192 g/mol. The normalized spacial score (nSPS) is 25.5. The predicted molar refractivity (Wildman–Crippen MR) is 51.6 cm³/mol. The SMILES string of the molecule is Cc1ccc2c(c1)C(=O)C(C)(O)CO2. The third-order valence-electron chi connectivity index (χ3n) is 2.38. The molecular formula is C11H12O3. The summed E-state index contributed by atoms with van der Waals surface area (Å²) in [6.45, 7) is 3.40. The molecule has 0 saturated heterocycles. The van der Waals surface area contributed by atoms with Crippen LogP contribution in [0.25, 0.3) is 0 Å². The average Bonchev–Trinajstić information content (AvgIpc) is 2.13. The topological polar surface area (TPSA) is 46.5 Å². The summed E-state index contributed by atoms with van der Waals surface area (Å²) in [6, 6.07) is 5.38. The number of Topliss-reactive ketones (excluding diaryl/α,β-unsaturated/α-hetero) is 1. The summed E-state index contributed by atoms with van der Waals surface area (Å²) in [7, 11) is 0. The largest absolute Gasteiger partial charge is 0.489 e. The molecule has 74 valence electrons. The van der Waals surface area contributed by atoms with Crippen molar-refractivity contribution in [2.75, 3.05) is 6.61 Å². The minimum absolute atomic E-state index is 0.0297. The van der Waals surface area contributed by atoms with Crippen molar-refractivity contribution >= 4 is 5.78 Å². The monoisotopic (exact) mass is 192 g/mol. The minimum Gasteiger partial charge on any atom is -0.489 e. The molecule has 2 rings (SSSR count). The lowest BCUT2D eigenvalue weighted by Crippen LogP contribution is -2.44. The van der Waals surface area contributed by atoms with Crippen LogP contribution in [0, 0.1) is 6.92 Å². The summed E-state index contributed by atoms with van der Waals surface area (Å²) < 4.78 is 5.29. The summed E-state index contributed by atoms with van der Waals surface area (Å²) in [6.07, 6.45) is 0. The number of carbonyl (C=O) groups is 1. The van der Waals surface area contributed by atoms with Crippen LogP contribution >= 0.6 is 0 Å². The van der Waals surface area contributed by atoms with E-state index >= 15 is 0 Å². The second kappa shape index (κ2) is 2.82. The highest BCUT2D eigenvalue weighted by Crippen LogP contribution is 2.29. The number of ether oxygens (including phenoxy) is 1. The molecule has 1 N–H and O–H groups in total. The van der Waals surface area contributed by atoms with Gasteiger partial charge in [-0.15, -0.1) is 0 Å². The number of ketones is 1. The van der Waals surface area contributed by atoms with Crippen LogP contribution in [-0.2, 0) is 0 Å². The molecule has 14 heavy (non-hydrogen) atoms. The molecule has 3 nitrogen and oxygen atoms in total. The summed E-state index contributed by atoms with van der Waals surface area (Å²) in [5, 5.41) is 9.71. The van der Waals surface area contributed by atoms with E-state index in [2.05, 4.69) is 0 Å². The van der Waals surface area contributed by atoms with Crippen molar-refractivity contribution in [3.8, 4) is 5.75 Å². The summed E-state index contributed by atoms with van der Waals surface area (Å²) in [5.41, 5.74) is 0.0699. The van der Waals surface area contributed by atoms with Crippen molar-refractivity contribution in [1.29, 1.82) is 0 Å². The molecule has 0 saturated carbocycles. The zero-order chi connectivity index (χ0) is 10.3. The van der Waals surface area contributed by atoms with Gasteiger partial charge in [-0.25, -0.2) is 0 Å². The number of aryl methyl sites for hydroxylation is 1. The fraction of sp³-hybridized carbons (Fsp3) is 0.364.